The van der Waals surface area contributed by atoms with Crippen molar-refractivity contribution >= 4 is 34.8 Å². The SMILES string of the molecule is CC(=O)N1CCN(C2=NC(=O)C(=Cc3ccc(C(C)C)cc3)S2)CC1. The van der Waals surface area contributed by atoms with Gasteiger partial charge in [0.25, 0.3) is 5.91 Å². The van der Waals surface area contributed by atoms with Crippen LogP contribution in [0, 0.1) is 0 Å². The number of aliphatic imine (C=N–C) groups is 1. The highest BCUT2D eigenvalue weighted by molar-refractivity contribution is 8.18. The van der Waals surface area contributed by atoms with E-state index in [0.717, 1.165) is 23.8 Å². The summed E-state index contributed by atoms with van der Waals surface area (Å²) in [5.41, 5.74) is 2.30. The Kier molecular flexibility index (Phi) is 5.27. The third kappa shape index (κ3) is 4.12. The van der Waals surface area contributed by atoms with Gasteiger partial charge in [0, 0.05) is 33.1 Å². The van der Waals surface area contributed by atoms with E-state index in [1.54, 1.807) is 6.92 Å². The van der Waals surface area contributed by atoms with Gasteiger partial charge in [-0.15, -0.1) is 0 Å². The quantitative estimate of drug-likeness (QED) is 0.764. The van der Waals surface area contributed by atoms with Crippen molar-refractivity contribution in [3.8, 4) is 0 Å². The summed E-state index contributed by atoms with van der Waals surface area (Å²) in [7, 11) is 0. The minimum absolute atomic E-state index is 0.0992. The van der Waals surface area contributed by atoms with Gasteiger partial charge in [0.15, 0.2) is 5.17 Å². The number of hydrogen-bond acceptors (Lipinski definition) is 4. The fourth-order valence-electron chi connectivity index (χ4n) is 2.87. The number of benzene rings is 1. The first-order valence-corrected chi connectivity index (χ1v) is 9.38. The highest BCUT2D eigenvalue weighted by Gasteiger charge is 2.28. The molecular formula is C19H23N3O2S. The molecule has 2 heterocycles. The van der Waals surface area contributed by atoms with Crippen molar-refractivity contribution in [3.05, 3.63) is 40.3 Å². The molecule has 0 saturated carbocycles. The summed E-state index contributed by atoms with van der Waals surface area (Å²) in [6.45, 7) is 8.71. The maximum atomic E-state index is 12.2. The van der Waals surface area contributed by atoms with E-state index < -0.39 is 0 Å². The highest BCUT2D eigenvalue weighted by Crippen LogP contribution is 2.31. The molecule has 25 heavy (non-hydrogen) atoms. The monoisotopic (exact) mass is 357 g/mol. The Morgan fingerprint density at radius 2 is 1.80 bits per heavy atom. The van der Waals surface area contributed by atoms with Gasteiger partial charge in [-0.05, 0) is 34.9 Å². The summed E-state index contributed by atoms with van der Waals surface area (Å²) in [6, 6.07) is 8.29. The summed E-state index contributed by atoms with van der Waals surface area (Å²) in [6.07, 6.45) is 1.90. The fourth-order valence-corrected chi connectivity index (χ4v) is 3.84. The molecule has 0 unspecified atom stereocenters. The zero-order valence-electron chi connectivity index (χ0n) is 14.9. The van der Waals surface area contributed by atoms with Crippen LogP contribution in [0.1, 0.15) is 37.8 Å². The topological polar surface area (TPSA) is 53.0 Å². The maximum Gasteiger partial charge on any atom is 0.286 e. The van der Waals surface area contributed by atoms with E-state index >= 15 is 0 Å². The van der Waals surface area contributed by atoms with Crippen LogP contribution in [-0.4, -0.2) is 53.0 Å². The summed E-state index contributed by atoms with van der Waals surface area (Å²) in [5, 5.41) is 0.748. The molecule has 3 rings (SSSR count). The number of rotatable bonds is 2. The summed E-state index contributed by atoms with van der Waals surface area (Å²) < 4.78 is 0. The van der Waals surface area contributed by atoms with E-state index in [-0.39, 0.29) is 11.8 Å². The molecule has 5 nitrogen and oxygen atoms in total. The van der Waals surface area contributed by atoms with Gasteiger partial charge in [0.1, 0.15) is 0 Å². The molecule has 0 spiro atoms. The second-order valence-electron chi connectivity index (χ2n) is 6.62. The summed E-state index contributed by atoms with van der Waals surface area (Å²) >= 11 is 1.42. The van der Waals surface area contributed by atoms with Gasteiger partial charge in [0.2, 0.25) is 5.91 Å². The molecular weight excluding hydrogens is 334 g/mol. The minimum Gasteiger partial charge on any atom is -0.347 e. The molecule has 0 atom stereocenters. The van der Waals surface area contributed by atoms with Crippen LogP contribution in [0.4, 0.5) is 0 Å². The molecule has 1 fully saturated rings. The van der Waals surface area contributed by atoms with E-state index in [2.05, 4.69) is 35.9 Å². The van der Waals surface area contributed by atoms with Gasteiger partial charge in [-0.1, -0.05) is 38.1 Å². The predicted octanol–water partition coefficient (Wildman–Crippen LogP) is 2.94. The van der Waals surface area contributed by atoms with E-state index in [1.165, 1.54) is 17.3 Å². The third-order valence-electron chi connectivity index (χ3n) is 4.51. The Hall–Kier alpha value is -2.08. The molecule has 0 bridgehead atoms. The molecule has 0 N–H and O–H groups in total. The molecule has 1 aromatic carbocycles. The fraction of sp³-hybridized carbons (Fsp3) is 0.421. The van der Waals surface area contributed by atoms with Crippen LogP contribution in [0.5, 0.6) is 0 Å². The standard InChI is InChI=1S/C19H23N3O2S/c1-13(2)16-6-4-15(5-7-16)12-17-18(24)20-19(25-17)22-10-8-21(9-11-22)14(3)23/h4-7,12-13H,8-11H2,1-3H3. The van der Waals surface area contributed by atoms with E-state index in [0.29, 0.717) is 23.9 Å². The molecule has 6 heteroatoms. The van der Waals surface area contributed by atoms with Crippen molar-refractivity contribution < 1.29 is 9.59 Å². The lowest BCUT2D eigenvalue weighted by Gasteiger charge is -2.34. The number of amidine groups is 1. The number of hydrogen-bond donors (Lipinski definition) is 0. The second-order valence-corrected chi connectivity index (χ2v) is 7.63. The number of nitrogens with zero attached hydrogens (tertiary/aromatic N) is 3. The second kappa shape index (κ2) is 7.44. The van der Waals surface area contributed by atoms with Gasteiger partial charge in [-0.25, -0.2) is 0 Å². The largest absolute Gasteiger partial charge is 0.347 e. The van der Waals surface area contributed by atoms with Crippen LogP contribution in [0.2, 0.25) is 0 Å². The first-order valence-electron chi connectivity index (χ1n) is 8.57. The number of carbonyl (C=O) groups excluding carboxylic acids is 2. The molecule has 2 aliphatic rings. The molecule has 132 valence electrons. The number of amides is 2. The lowest BCUT2D eigenvalue weighted by molar-refractivity contribution is -0.130. The Morgan fingerprint density at radius 1 is 1.16 bits per heavy atom. The molecule has 1 saturated heterocycles. The van der Waals surface area contributed by atoms with Crippen LogP contribution >= 0.6 is 11.8 Å². The van der Waals surface area contributed by atoms with E-state index in [4.69, 9.17) is 0 Å². The number of carbonyl (C=O) groups is 2. The van der Waals surface area contributed by atoms with Crippen molar-refractivity contribution in [3.63, 3.8) is 0 Å². The van der Waals surface area contributed by atoms with E-state index in [1.807, 2.05) is 23.1 Å². The predicted molar refractivity (Wildman–Crippen MR) is 102 cm³/mol. The number of piperazine rings is 1. The summed E-state index contributed by atoms with van der Waals surface area (Å²) in [5.74, 6) is 0.414. The number of thioether (sulfide) groups is 1. The molecule has 2 aliphatic heterocycles. The highest BCUT2D eigenvalue weighted by atomic mass is 32.2. The van der Waals surface area contributed by atoms with Gasteiger partial charge >= 0.3 is 0 Å². The molecule has 0 radical (unpaired) electrons. The van der Waals surface area contributed by atoms with E-state index in [9.17, 15) is 9.59 Å². The normalized spacial score (nSPS) is 19.8. The summed E-state index contributed by atoms with van der Waals surface area (Å²) in [4.78, 5) is 32.4. The first kappa shape index (κ1) is 17.7. The van der Waals surface area contributed by atoms with Crippen LogP contribution in [0.3, 0.4) is 0 Å². The Balaban J connectivity index is 1.65. The Morgan fingerprint density at radius 3 is 2.36 bits per heavy atom. The third-order valence-corrected chi connectivity index (χ3v) is 5.55. The van der Waals surface area contributed by atoms with Gasteiger partial charge in [0.05, 0.1) is 4.91 Å². The van der Waals surface area contributed by atoms with Gasteiger partial charge in [-0.3, -0.25) is 9.59 Å². The lowest BCUT2D eigenvalue weighted by atomic mass is 10.0. The molecule has 2 amide bonds. The molecule has 0 aliphatic carbocycles. The van der Waals surface area contributed by atoms with Crippen molar-refractivity contribution in [1.29, 1.82) is 0 Å². The molecule has 0 aromatic heterocycles. The van der Waals surface area contributed by atoms with Crippen molar-refractivity contribution in [2.24, 2.45) is 4.99 Å². The zero-order valence-corrected chi connectivity index (χ0v) is 15.7. The first-order chi connectivity index (χ1) is 11.9. The average Bonchev–Trinajstić information content (AvgIpc) is 2.96. The lowest BCUT2D eigenvalue weighted by Crippen LogP contribution is -2.49. The van der Waals surface area contributed by atoms with Crippen molar-refractivity contribution in [1.82, 2.24) is 9.80 Å². The van der Waals surface area contributed by atoms with Crippen molar-refractivity contribution in [2.75, 3.05) is 26.2 Å². The van der Waals surface area contributed by atoms with Crippen LogP contribution in [0.25, 0.3) is 6.08 Å². The molecule has 1 aromatic rings. The van der Waals surface area contributed by atoms with Crippen LogP contribution in [0.15, 0.2) is 34.2 Å². The van der Waals surface area contributed by atoms with Gasteiger partial charge in [-0.2, -0.15) is 4.99 Å². The smallest absolute Gasteiger partial charge is 0.286 e. The Bertz CT molecular complexity index is 730. The van der Waals surface area contributed by atoms with Crippen LogP contribution in [-0.2, 0) is 9.59 Å². The van der Waals surface area contributed by atoms with Gasteiger partial charge < -0.3 is 9.80 Å². The van der Waals surface area contributed by atoms with Crippen LogP contribution < -0.4 is 0 Å². The minimum atomic E-state index is -0.179. The maximum absolute atomic E-state index is 12.2. The Labute approximate surface area is 152 Å². The van der Waals surface area contributed by atoms with Crippen molar-refractivity contribution in [2.45, 2.75) is 26.7 Å². The average molecular weight is 357 g/mol. The zero-order chi connectivity index (χ0) is 18.0.